The molecule has 7 nitrogen and oxygen atoms in total. The second-order valence-electron chi connectivity index (χ2n) is 4.58. The van der Waals surface area contributed by atoms with E-state index < -0.39 is 12.3 Å². The maximum absolute atomic E-state index is 13.0. The highest BCUT2D eigenvalue weighted by Crippen LogP contribution is 2.42. The van der Waals surface area contributed by atoms with Crippen molar-refractivity contribution in [3.8, 4) is 11.5 Å². The molecule has 0 saturated heterocycles. The van der Waals surface area contributed by atoms with Crippen molar-refractivity contribution in [2.45, 2.75) is 13.2 Å². The molecule has 0 atom stereocenters. The van der Waals surface area contributed by atoms with Gasteiger partial charge in [-0.3, -0.25) is 0 Å². The van der Waals surface area contributed by atoms with Crippen molar-refractivity contribution in [2.75, 3.05) is 11.9 Å². The Bertz CT molecular complexity index is 804. The Balaban J connectivity index is 1.89. The lowest BCUT2D eigenvalue weighted by Crippen LogP contribution is -2.25. The SMILES string of the molecule is CCOC(=O)c1cnc(Cl)nc1Nc1ccc2c(c1)OC(F)(F)O2. The second kappa shape index (κ2) is 6.08. The van der Waals surface area contributed by atoms with Crippen LogP contribution in [0.4, 0.5) is 20.3 Å². The minimum absolute atomic E-state index is 0.0456. The molecule has 1 aliphatic heterocycles. The van der Waals surface area contributed by atoms with Crippen molar-refractivity contribution in [1.29, 1.82) is 0 Å². The number of fused-ring (bicyclic) bond motifs is 1. The van der Waals surface area contributed by atoms with E-state index in [2.05, 4.69) is 24.8 Å². The Kier molecular flexibility index (Phi) is 4.10. The van der Waals surface area contributed by atoms with Gasteiger partial charge in [-0.25, -0.2) is 9.78 Å². The fourth-order valence-electron chi connectivity index (χ4n) is 1.98. The van der Waals surface area contributed by atoms with E-state index in [9.17, 15) is 13.6 Å². The zero-order chi connectivity index (χ0) is 17.3. The number of carbonyl (C=O) groups is 1. The zero-order valence-corrected chi connectivity index (χ0v) is 12.9. The summed E-state index contributed by atoms with van der Waals surface area (Å²) in [6, 6.07) is 4.03. The highest BCUT2D eigenvalue weighted by Gasteiger charge is 2.43. The smallest absolute Gasteiger partial charge is 0.462 e. The number of halogens is 3. The monoisotopic (exact) mass is 357 g/mol. The van der Waals surface area contributed by atoms with E-state index in [4.69, 9.17) is 16.3 Å². The molecular weight excluding hydrogens is 348 g/mol. The number of nitrogens with one attached hydrogen (secondary N) is 1. The first-order valence-corrected chi connectivity index (χ1v) is 7.12. The van der Waals surface area contributed by atoms with Gasteiger partial charge in [0.15, 0.2) is 11.5 Å². The summed E-state index contributed by atoms with van der Waals surface area (Å²) in [7, 11) is 0. The third-order valence-electron chi connectivity index (χ3n) is 2.92. The molecule has 2 aromatic rings. The summed E-state index contributed by atoms with van der Waals surface area (Å²) < 4.78 is 39.7. The Hall–Kier alpha value is -2.68. The number of benzene rings is 1. The van der Waals surface area contributed by atoms with Crippen LogP contribution in [0.15, 0.2) is 24.4 Å². The average molecular weight is 358 g/mol. The molecule has 0 amide bonds. The van der Waals surface area contributed by atoms with Crippen molar-refractivity contribution in [2.24, 2.45) is 0 Å². The number of rotatable bonds is 4. The summed E-state index contributed by atoms with van der Waals surface area (Å²) in [5.41, 5.74) is 0.375. The average Bonchev–Trinajstić information content (AvgIpc) is 2.80. The van der Waals surface area contributed by atoms with Crippen molar-refractivity contribution in [3.05, 3.63) is 35.2 Å². The number of nitrogens with zero attached hydrogens (tertiary/aromatic N) is 2. The Morgan fingerprint density at radius 1 is 1.38 bits per heavy atom. The molecule has 1 N–H and O–H groups in total. The van der Waals surface area contributed by atoms with Gasteiger partial charge in [0.25, 0.3) is 0 Å². The van der Waals surface area contributed by atoms with Crippen LogP contribution >= 0.6 is 11.6 Å². The summed E-state index contributed by atoms with van der Waals surface area (Å²) in [6.07, 6.45) is -2.51. The van der Waals surface area contributed by atoms with Gasteiger partial charge in [-0.1, -0.05) is 0 Å². The summed E-state index contributed by atoms with van der Waals surface area (Å²) in [5.74, 6) is -0.831. The number of alkyl halides is 2. The van der Waals surface area contributed by atoms with Crippen LogP contribution in [-0.2, 0) is 4.74 Å². The highest BCUT2D eigenvalue weighted by molar-refractivity contribution is 6.28. The van der Waals surface area contributed by atoms with Crippen LogP contribution in [0.1, 0.15) is 17.3 Å². The van der Waals surface area contributed by atoms with Gasteiger partial charge < -0.3 is 19.5 Å². The molecule has 3 rings (SSSR count). The summed E-state index contributed by atoms with van der Waals surface area (Å²) in [4.78, 5) is 19.6. The predicted octanol–water partition coefficient (Wildman–Crippen LogP) is 3.37. The van der Waals surface area contributed by atoms with Gasteiger partial charge in [0.05, 0.1) is 6.61 Å². The fraction of sp³-hybridized carbons (Fsp3) is 0.214. The number of ether oxygens (including phenoxy) is 3. The van der Waals surface area contributed by atoms with Gasteiger partial charge in [-0.2, -0.15) is 4.98 Å². The van der Waals surface area contributed by atoms with Crippen LogP contribution in [0.3, 0.4) is 0 Å². The van der Waals surface area contributed by atoms with E-state index in [1.807, 2.05) is 0 Å². The minimum atomic E-state index is -3.71. The molecule has 24 heavy (non-hydrogen) atoms. The maximum Gasteiger partial charge on any atom is 0.586 e. The lowest BCUT2D eigenvalue weighted by atomic mass is 10.2. The standard InChI is InChI=1S/C14H10ClF2N3O4/c1-2-22-12(21)8-6-18-13(15)20-11(8)19-7-3-4-9-10(5-7)24-14(16,17)23-9/h3-6H,2H2,1H3,(H,18,19,20). The molecule has 0 spiro atoms. The quantitative estimate of drug-likeness (QED) is 0.663. The van der Waals surface area contributed by atoms with Crippen LogP contribution < -0.4 is 14.8 Å². The highest BCUT2D eigenvalue weighted by atomic mass is 35.5. The molecule has 2 heterocycles. The normalized spacial score (nSPS) is 14.3. The van der Waals surface area contributed by atoms with Crippen LogP contribution in [0.5, 0.6) is 11.5 Å². The van der Waals surface area contributed by atoms with Crippen LogP contribution in [0.25, 0.3) is 0 Å². The molecule has 1 aromatic carbocycles. The third-order valence-corrected chi connectivity index (χ3v) is 3.10. The van der Waals surface area contributed by atoms with E-state index in [1.165, 1.54) is 24.4 Å². The number of aromatic nitrogens is 2. The van der Waals surface area contributed by atoms with Crippen LogP contribution in [0.2, 0.25) is 5.28 Å². The topological polar surface area (TPSA) is 82.6 Å². The van der Waals surface area contributed by atoms with Crippen molar-refractivity contribution >= 4 is 29.1 Å². The van der Waals surface area contributed by atoms with Crippen molar-refractivity contribution < 1.29 is 27.8 Å². The van der Waals surface area contributed by atoms with E-state index in [1.54, 1.807) is 6.92 Å². The molecule has 1 aromatic heterocycles. The van der Waals surface area contributed by atoms with Crippen LogP contribution in [0, 0.1) is 0 Å². The number of esters is 1. The van der Waals surface area contributed by atoms with E-state index in [-0.39, 0.29) is 34.8 Å². The van der Waals surface area contributed by atoms with Gasteiger partial charge in [-0.05, 0) is 30.7 Å². The maximum atomic E-state index is 13.0. The minimum Gasteiger partial charge on any atom is -0.462 e. The van der Waals surface area contributed by atoms with Crippen LogP contribution in [-0.4, -0.2) is 28.8 Å². The van der Waals surface area contributed by atoms with Gasteiger partial charge in [0, 0.05) is 18.0 Å². The zero-order valence-electron chi connectivity index (χ0n) is 12.2. The molecule has 0 fully saturated rings. The van der Waals surface area contributed by atoms with Crippen molar-refractivity contribution in [1.82, 2.24) is 9.97 Å². The van der Waals surface area contributed by atoms with Gasteiger partial charge in [-0.15, -0.1) is 8.78 Å². The number of hydrogen-bond acceptors (Lipinski definition) is 7. The van der Waals surface area contributed by atoms with Crippen molar-refractivity contribution in [3.63, 3.8) is 0 Å². The first kappa shape index (κ1) is 16.2. The molecule has 0 aliphatic carbocycles. The Morgan fingerprint density at radius 2 is 2.12 bits per heavy atom. The number of carbonyl (C=O) groups excluding carboxylic acids is 1. The molecule has 0 unspecified atom stereocenters. The Morgan fingerprint density at radius 3 is 2.88 bits per heavy atom. The van der Waals surface area contributed by atoms with E-state index in [0.29, 0.717) is 5.69 Å². The molecule has 0 bridgehead atoms. The van der Waals surface area contributed by atoms with E-state index in [0.717, 1.165) is 0 Å². The molecule has 10 heteroatoms. The molecule has 0 radical (unpaired) electrons. The van der Waals surface area contributed by atoms with Gasteiger partial charge >= 0.3 is 12.3 Å². The Labute approximate surface area is 139 Å². The number of anilines is 2. The fourth-order valence-corrected chi connectivity index (χ4v) is 2.11. The number of hydrogen-bond donors (Lipinski definition) is 1. The molecule has 0 saturated carbocycles. The second-order valence-corrected chi connectivity index (χ2v) is 4.91. The molecule has 126 valence electrons. The molecular formula is C14H10ClF2N3O4. The summed E-state index contributed by atoms with van der Waals surface area (Å²) >= 11 is 5.74. The van der Waals surface area contributed by atoms with Gasteiger partial charge in [0.1, 0.15) is 11.4 Å². The lowest BCUT2D eigenvalue weighted by Gasteiger charge is -2.10. The first-order chi connectivity index (χ1) is 11.4. The molecule has 1 aliphatic rings. The summed E-state index contributed by atoms with van der Waals surface area (Å²) in [6.45, 7) is 1.82. The predicted molar refractivity (Wildman–Crippen MR) is 78.9 cm³/mol. The first-order valence-electron chi connectivity index (χ1n) is 6.74. The van der Waals surface area contributed by atoms with Gasteiger partial charge in [0.2, 0.25) is 5.28 Å². The summed E-state index contributed by atoms with van der Waals surface area (Å²) in [5, 5.41) is 2.69. The lowest BCUT2D eigenvalue weighted by molar-refractivity contribution is -0.286. The largest absolute Gasteiger partial charge is 0.586 e. The van der Waals surface area contributed by atoms with E-state index >= 15 is 0 Å². The third kappa shape index (κ3) is 3.30.